The molecule has 2 amide bonds. The van der Waals surface area contributed by atoms with Crippen LogP contribution in [0, 0.1) is 0 Å². The Bertz CT molecular complexity index is 1550. The lowest BCUT2D eigenvalue weighted by atomic mass is 9.85. The second-order valence-corrected chi connectivity index (χ2v) is 12.1. The Balaban J connectivity index is 1.41. The Kier molecular flexibility index (Phi) is 8.66. The minimum atomic E-state index is -0.341. The zero-order valence-electron chi connectivity index (χ0n) is 25.4. The van der Waals surface area contributed by atoms with Crippen molar-refractivity contribution in [3.8, 4) is 17.2 Å². The van der Waals surface area contributed by atoms with Gasteiger partial charge in [-0.1, -0.05) is 51.1 Å². The number of rotatable bonds is 8. The van der Waals surface area contributed by atoms with E-state index in [0.29, 0.717) is 34.7 Å². The van der Waals surface area contributed by atoms with E-state index in [1.807, 2.05) is 54.6 Å². The van der Waals surface area contributed by atoms with Gasteiger partial charge in [-0.3, -0.25) is 9.88 Å². The maximum atomic E-state index is 13.5. The average molecular weight is 568 g/mol. The summed E-state index contributed by atoms with van der Waals surface area (Å²) in [6.45, 7) is 9.35. The van der Waals surface area contributed by atoms with Crippen molar-refractivity contribution < 1.29 is 14.3 Å². The molecule has 1 aliphatic heterocycles. The van der Waals surface area contributed by atoms with Gasteiger partial charge in [0.25, 0.3) is 0 Å². The van der Waals surface area contributed by atoms with Gasteiger partial charge in [-0.05, 0) is 61.8 Å². The van der Waals surface area contributed by atoms with Crippen molar-refractivity contribution in [3.05, 3.63) is 84.2 Å². The molecule has 3 aromatic carbocycles. The highest BCUT2D eigenvalue weighted by molar-refractivity contribution is 6.08. The number of likely N-dealkylation sites (N-methyl/N-ethyl adjacent to an activating group) is 1. The van der Waals surface area contributed by atoms with Crippen LogP contribution in [-0.2, 0) is 12.0 Å². The van der Waals surface area contributed by atoms with Crippen LogP contribution in [-0.4, -0.2) is 61.2 Å². The Labute approximate surface area is 248 Å². The first kappa shape index (κ1) is 29.4. The molecular weight excluding hydrogens is 526 g/mol. The third-order valence-corrected chi connectivity index (χ3v) is 7.87. The molecule has 1 saturated heterocycles. The number of anilines is 2. The second-order valence-electron chi connectivity index (χ2n) is 12.1. The number of nitrogens with zero attached hydrogens (tertiary/aromatic N) is 3. The molecule has 2 N–H and O–H groups in total. The summed E-state index contributed by atoms with van der Waals surface area (Å²) >= 11 is 0. The van der Waals surface area contributed by atoms with Crippen LogP contribution in [0.15, 0.2) is 73.1 Å². The molecule has 0 bridgehead atoms. The average Bonchev–Trinajstić information content (AvgIpc) is 3.43. The van der Waals surface area contributed by atoms with Gasteiger partial charge in [0.15, 0.2) is 0 Å². The topological polar surface area (TPSA) is 79.0 Å². The van der Waals surface area contributed by atoms with Gasteiger partial charge in [-0.25, -0.2) is 4.79 Å². The lowest BCUT2D eigenvalue weighted by molar-refractivity contribution is 0.261. The van der Waals surface area contributed by atoms with Crippen LogP contribution in [0.1, 0.15) is 38.3 Å². The number of urea groups is 1. The summed E-state index contributed by atoms with van der Waals surface area (Å²) in [6.07, 6.45) is 4.53. The quantitative estimate of drug-likeness (QED) is 0.236. The first-order chi connectivity index (χ1) is 20.1. The predicted molar refractivity (Wildman–Crippen MR) is 170 cm³/mol. The van der Waals surface area contributed by atoms with E-state index < -0.39 is 0 Å². The number of amides is 2. The molecule has 220 valence electrons. The molecule has 0 radical (unpaired) electrons. The smallest absolute Gasteiger partial charge is 0.323 e. The van der Waals surface area contributed by atoms with Crippen molar-refractivity contribution in [2.24, 2.45) is 0 Å². The summed E-state index contributed by atoms with van der Waals surface area (Å²) in [5.41, 5.74) is 3.44. The first-order valence-electron chi connectivity index (χ1n) is 14.4. The van der Waals surface area contributed by atoms with Gasteiger partial charge in [0.2, 0.25) is 0 Å². The number of hydrogen-bond acceptors (Lipinski definition) is 6. The van der Waals surface area contributed by atoms with Gasteiger partial charge in [0.1, 0.15) is 17.2 Å². The largest absolute Gasteiger partial charge is 0.494 e. The van der Waals surface area contributed by atoms with E-state index in [2.05, 4.69) is 66.4 Å². The third kappa shape index (κ3) is 6.66. The van der Waals surface area contributed by atoms with Crippen molar-refractivity contribution in [3.63, 3.8) is 0 Å². The molecule has 1 unspecified atom stereocenters. The zero-order chi connectivity index (χ0) is 29.9. The standard InChI is InChI=1S/C34H41N5O3/c1-34(2,3)24-19-23(21-39-18-15-25(22-39)38(4)5)32(41-6)30(20-24)37-33(40)36-29-11-12-31(28-10-8-7-9-27(28)29)42-26-13-16-35-17-14-26/h7-14,16-17,19-20,25H,15,18,21-22H2,1-6H3,(H2,36,37,40). The van der Waals surface area contributed by atoms with Crippen LogP contribution in [0.2, 0.25) is 0 Å². The molecular formula is C34H41N5O3. The van der Waals surface area contributed by atoms with Gasteiger partial charge in [-0.15, -0.1) is 0 Å². The number of pyridine rings is 1. The minimum Gasteiger partial charge on any atom is -0.494 e. The molecule has 8 nitrogen and oxygen atoms in total. The van der Waals surface area contributed by atoms with E-state index in [1.165, 1.54) is 0 Å². The van der Waals surface area contributed by atoms with Crippen LogP contribution >= 0.6 is 0 Å². The zero-order valence-corrected chi connectivity index (χ0v) is 25.4. The molecule has 8 heteroatoms. The number of benzene rings is 3. The summed E-state index contributed by atoms with van der Waals surface area (Å²) in [6, 6.07) is 19.7. The monoisotopic (exact) mass is 567 g/mol. The molecule has 0 saturated carbocycles. The predicted octanol–water partition coefficient (Wildman–Crippen LogP) is 7.11. The van der Waals surface area contributed by atoms with Gasteiger partial charge in [-0.2, -0.15) is 0 Å². The summed E-state index contributed by atoms with van der Waals surface area (Å²) in [4.78, 5) is 22.3. The lowest BCUT2D eigenvalue weighted by Gasteiger charge is -2.26. The first-order valence-corrected chi connectivity index (χ1v) is 14.4. The number of methoxy groups -OCH3 is 1. The van der Waals surface area contributed by atoms with E-state index in [4.69, 9.17) is 9.47 Å². The van der Waals surface area contributed by atoms with Gasteiger partial charge in [0, 0.05) is 54.4 Å². The summed E-state index contributed by atoms with van der Waals surface area (Å²) in [7, 11) is 5.95. The maximum Gasteiger partial charge on any atom is 0.323 e. The summed E-state index contributed by atoms with van der Waals surface area (Å²) in [5.74, 6) is 2.09. The number of nitrogens with one attached hydrogen (secondary N) is 2. The molecule has 42 heavy (non-hydrogen) atoms. The Morgan fingerprint density at radius 1 is 1.00 bits per heavy atom. The molecule has 2 heterocycles. The van der Waals surface area contributed by atoms with Crippen LogP contribution in [0.4, 0.5) is 16.2 Å². The van der Waals surface area contributed by atoms with Crippen LogP contribution in [0.3, 0.4) is 0 Å². The van der Waals surface area contributed by atoms with Crippen molar-refractivity contribution in [1.29, 1.82) is 0 Å². The highest BCUT2D eigenvalue weighted by atomic mass is 16.5. The summed E-state index contributed by atoms with van der Waals surface area (Å²) in [5, 5.41) is 7.92. The number of likely N-dealkylation sites (tertiary alicyclic amines) is 1. The molecule has 4 aromatic rings. The van der Waals surface area contributed by atoms with Crippen molar-refractivity contribution >= 4 is 28.2 Å². The number of fused-ring (bicyclic) bond motifs is 1. The van der Waals surface area contributed by atoms with Crippen molar-refractivity contribution in [2.45, 2.75) is 45.2 Å². The van der Waals surface area contributed by atoms with Gasteiger partial charge < -0.3 is 25.0 Å². The molecule has 0 aliphatic carbocycles. The van der Waals surface area contributed by atoms with E-state index in [-0.39, 0.29) is 11.4 Å². The minimum absolute atomic E-state index is 0.105. The second kappa shape index (κ2) is 12.4. The highest BCUT2D eigenvalue weighted by Crippen LogP contribution is 2.38. The van der Waals surface area contributed by atoms with E-state index >= 15 is 0 Å². The Hall–Kier alpha value is -4.14. The molecule has 1 fully saturated rings. The summed E-state index contributed by atoms with van der Waals surface area (Å²) < 4.78 is 12.0. The van der Waals surface area contributed by atoms with Gasteiger partial charge in [0.05, 0.1) is 18.5 Å². The number of ether oxygens (including phenoxy) is 2. The molecule has 1 aliphatic rings. The van der Waals surface area contributed by atoms with E-state index in [0.717, 1.165) is 48.0 Å². The van der Waals surface area contributed by atoms with Crippen LogP contribution in [0.25, 0.3) is 10.8 Å². The van der Waals surface area contributed by atoms with Crippen LogP contribution in [0.5, 0.6) is 17.2 Å². The third-order valence-electron chi connectivity index (χ3n) is 7.87. The van der Waals surface area contributed by atoms with E-state index in [1.54, 1.807) is 19.5 Å². The molecule has 1 aromatic heterocycles. The fourth-order valence-electron chi connectivity index (χ4n) is 5.47. The fraction of sp³-hybridized carbons (Fsp3) is 0.353. The highest BCUT2D eigenvalue weighted by Gasteiger charge is 2.27. The normalized spacial score (nSPS) is 15.6. The number of hydrogen-bond donors (Lipinski definition) is 2. The maximum absolute atomic E-state index is 13.5. The van der Waals surface area contributed by atoms with E-state index in [9.17, 15) is 4.79 Å². The van der Waals surface area contributed by atoms with Gasteiger partial charge >= 0.3 is 6.03 Å². The SMILES string of the molecule is COc1c(CN2CCC(N(C)C)C2)cc(C(C)(C)C)cc1NC(=O)Nc1ccc(Oc2ccncc2)c2ccccc12. The number of carbonyl (C=O) groups is 1. The number of aromatic nitrogens is 1. The Morgan fingerprint density at radius 2 is 1.71 bits per heavy atom. The molecule has 0 spiro atoms. The van der Waals surface area contributed by atoms with Crippen molar-refractivity contribution in [1.82, 2.24) is 14.8 Å². The van der Waals surface area contributed by atoms with Crippen molar-refractivity contribution in [2.75, 3.05) is 44.9 Å². The Morgan fingerprint density at radius 3 is 2.38 bits per heavy atom. The fourth-order valence-corrected chi connectivity index (χ4v) is 5.47. The molecule has 1 atom stereocenters. The lowest BCUT2D eigenvalue weighted by Crippen LogP contribution is -2.31. The molecule has 5 rings (SSSR count). The number of carbonyl (C=O) groups excluding carboxylic acids is 1. The van der Waals surface area contributed by atoms with Crippen LogP contribution < -0.4 is 20.1 Å².